The van der Waals surface area contributed by atoms with Gasteiger partial charge in [0, 0.05) is 47.7 Å². The number of H-pyrrole nitrogens is 1. The molecule has 8 nitrogen and oxygen atoms in total. The number of hydrogen-bond acceptors (Lipinski definition) is 7. The summed E-state index contributed by atoms with van der Waals surface area (Å²) < 4.78 is 35.4. The number of hydrogen-bond donors (Lipinski definition) is 2. The summed E-state index contributed by atoms with van der Waals surface area (Å²) in [5, 5.41) is 17.1. The van der Waals surface area contributed by atoms with E-state index in [9.17, 15) is 14.0 Å². The van der Waals surface area contributed by atoms with Crippen molar-refractivity contribution in [2.45, 2.75) is 25.1 Å². The van der Waals surface area contributed by atoms with Gasteiger partial charge in [0.1, 0.15) is 11.7 Å². The summed E-state index contributed by atoms with van der Waals surface area (Å²) in [6.45, 7) is 0.554. The summed E-state index contributed by atoms with van der Waals surface area (Å²) in [6.07, 6.45) is 4.45. The summed E-state index contributed by atoms with van der Waals surface area (Å²) in [5.41, 5.74) is 7.43. The predicted molar refractivity (Wildman–Crippen MR) is 127 cm³/mol. The van der Waals surface area contributed by atoms with Gasteiger partial charge in [0.15, 0.2) is 29.4 Å². The molecular formula is C23H17Cl2F2N7O. The van der Waals surface area contributed by atoms with E-state index in [-0.39, 0.29) is 27.2 Å². The number of aromatic amines is 1. The van der Waals surface area contributed by atoms with Crippen LogP contribution in [-0.4, -0.2) is 32.8 Å². The Labute approximate surface area is 208 Å². The van der Waals surface area contributed by atoms with E-state index in [2.05, 4.69) is 26.2 Å². The highest BCUT2D eigenvalue weighted by Gasteiger charge is 2.28. The van der Waals surface area contributed by atoms with Gasteiger partial charge >= 0.3 is 0 Å². The SMILES string of the molecule is N#C[C@H]1CCCN1c1ncc(-c2n[nH]c3cc(F)c(O[C@H](N)c4c(Cl)cncc4Cl)cc23)cc1F. The van der Waals surface area contributed by atoms with Gasteiger partial charge in [0.05, 0.1) is 21.6 Å². The van der Waals surface area contributed by atoms with Gasteiger partial charge in [-0.05, 0) is 25.0 Å². The van der Waals surface area contributed by atoms with Gasteiger partial charge in [-0.15, -0.1) is 0 Å². The molecule has 3 N–H and O–H groups in total. The maximum absolute atomic E-state index is 15.0. The van der Waals surface area contributed by atoms with Crippen LogP contribution < -0.4 is 15.4 Å². The van der Waals surface area contributed by atoms with E-state index in [0.29, 0.717) is 35.1 Å². The number of nitrogens with one attached hydrogen (secondary N) is 1. The zero-order valence-electron chi connectivity index (χ0n) is 18.0. The first-order chi connectivity index (χ1) is 16.9. The molecule has 12 heteroatoms. The summed E-state index contributed by atoms with van der Waals surface area (Å²) in [6, 6.07) is 5.65. The van der Waals surface area contributed by atoms with Crippen LogP contribution in [0.1, 0.15) is 24.6 Å². The molecule has 1 aliphatic heterocycles. The van der Waals surface area contributed by atoms with Crippen LogP contribution in [0, 0.1) is 23.0 Å². The third kappa shape index (κ3) is 4.23. The Bertz CT molecular complexity index is 1450. The number of nitrogens with zero attached hydrogens (tertiary/aromatic N) is 5. The largest absolute Gasteiger partial charge is 0.468 e. The lowest BCUT2D eigenvalue weighted by molar-refractivity contribution is 0.205. The summed E-state index contributed by atoms with van der Waals surface area (Å²) >= 11 is 12.3. The van der Waals surface area contributed by atoms with Crippen LogP contribution in [0.5, 0.6) is 5.75 Å². The molecule has 0 spiro atoms. The van der Waals surface area contributed by atoms with Gasteiger partial charge in [-0.3, -0.25) is 15.8 Å². The third-order valence-electron chi connectivity index (χ3n) is 5.81. The van der Waals surface area contributed by atoms with Gasteiger partial charge in [-0.2, -0.15) is 10.4 Å². The van der Waals surface area contributed by atoms with Crippen LogP contribution in [0.15, 0.2) is 36.8 Å². The van der Waals surface area contributed by atoms with Crippen molar-refractivity contribution in [3.05, 3.63) is 64.0 Å². The molecule has 178 valence electrons. The van der Waals surface area contributed by atoms with Crippen LogP contribution in [-0.2, 0) is 0 Å². The van der Waals surface area contributed by atoms with Crippen molar-refractivity contribution in [3.63, 3.8) is 0 Å². The van der Waals surface area contributed by atoms with Crippen LogP contribution in [0.4, 0.5) is 14.6 Å². The molecule has 0 bridgehead atoms. The fraction of sp³-hybridized carbons (Fsp3) is 0.217. The van der Waals surface area contributed by atoms with Crippen LogP contribution in [0.3, 0.4) is 0 Å². The second-order valence-corrected chi connectivity index (χ2v) is 8.78. The van der Waals surface area contributed by atoms with Crippen LogP contribution >= 0.6 is 23.2 Å². The number of rotatable bonds is 5. The molecule has 5 rings (SSSR count). The Morgan fingerprint density at radius 1 is 1.17 bits per heavy atom. The van der Waals surface area contributed by atoms with E-state index < -0.39 is 23.9 Å². The molecule has 1 aliphatic rings. The zero-order valence-corrected chi connectivity index (χ0v) is 19.5. The van der Waals surface area contributed by atoms with Crippen LogP contribution in [0.2, 0.25) is 10.0 Å². The number of anilines is 1. The second-order valence-electron chi connectivity index (χ2n) is 7.97. The molecule has 0 unspecified atom stereocenters. The van der Waals surface area contributed by atoms with Gasteiger partial charge in [-0.1, -0.05) is 23.2 Å². The van der Waals surface area contributed by atoms with Gasteiger partial charge in [0.25, 0.3) is 0 Å². The van der Waals surface area contributed by atoms with Crippen molar-refractivity contribution < 1.29 is 13.5 Å². The Kier molecular flexibility index (Phi) is 6.15. The van der Waals surface area contributed by atoms with Crippen molar-refractivity contribution in [1.82, 2.24) is 20.2 Å². The highest BCUT2D eigenvalue weighted by atomic mass is 35.5. The van der Waals surface area contributed by atoms with Crippen LogP contribution in [0.25, 0.3) is 22.2 Å². The minimum Gasteiger partial charge on any atom is -0.468 e. The topological polar surface area (TPSA) is 117 Å². The Morgan fingerprint density at radius 2 is 1.94 bits per heavy atom. The van der Waals surface area contributed by atoms with Crippen molar-refractivity contribution >= 4 is 39.9 Å². The first-order valence-corrected chi connectivity index (χ1v) is 11.3. The van der Waals surface area contributed by atoms with Gasteiger partial charge in [0.2, 0.25) is 0 Å². The molecule has 1 saturated heterocycles. The standard InChI is InChI=1S/C23H17Cl2F2N7O/c24-14-9-30-10-15(25)20(14)22(29)35-19-5-13-18(6-16(19)26)32-33-21(13)11-4-17(27)23(31-8-11)34-3-1-2-12(34)7-28/h4-6,8-10,12,22H,1-3,29H2,(H,32,33)/t12-,22+/m1/s1. The van der Waals surface area contributed by atoms with Crippen molar-refractivity contribution in [2.75, 3.05) is 11.4 Å². The van der Waals surface area contributed by atoms with E-state index in [1.165, 1.54) is 36.8 Å². The lowest BCUT2D eigenvalue weighted by atomic mass is 10.1. The Balaban J connectivity index is 1.49. The summed E-state index contributed by atoms with van der Waals surface area (Å²) in [5.74, 6) is -1.33. The number of aromatic nitrogens is 4. The molecule has 4 aromatic rings. The minimum atomic E-state index is -1.17. The Morgan fingerprint density at radius 3 is 2.66 bits per heavy atom. The van der Waals surface area contributed by atoms with E-state index in [4.69, 9.17) is 33.7 Å². The van der Waals surface area contributed by atoms with E-state index in [1.54, 1.807) is 4.90 Å². The molecule has 0 aliphatic carbocycles. The normalized spacial score (nSPS) is 16.5. The molecule has 4 heterocycles. The number of halogens is 4. The molecule has 3 aromatic heterocycles. The summed E-state index contributed by atoms with van der Waals surface area (Å²) in [4.78, 5) is 9.77. The number of fused-ring (bicyclic) bond motifs is 1. The fourth-order valence-electron chi connectivity index (χ4n) is 4.14. The van der Waals surface area contributed by atoms with Crippen molar-refractivity contribution in [3.8, 4) is 23.1 Å². The average molecular weight is 516 g/mol. The van der Waals surface area contributed by atoms with Crippen molar-refractivity contribution in [2.24, 2.45) is 5.73 Å². The smallest absolute Gasteiger partial charge is 0.177 e. The molecule has 0 radical (unpaired) electrons. The van der Waals surface area contributed by atoms with Crippen molar-refractivity contribution in [1.29, 1.82) is 5.26 Å². The highest BCUT2D eigenvalue weighted by molar-refractivity contribution is 6.35. The second kappa shape index (κ2) is 9.26. The number of ether oxygens (including phenoxy) is 1. The number of nitriles is 1. The maximum Gasteiger partial charge on any atom is 0.177 e. The molecule has 1 aromatic carbocycles. The highest BCUT2D eigenvalue weighted by Crippen LogP contribution is 2.36. The molecule has 2 atom stereocenters. The zero-order chi connectivity index (χ0) is 24.7. The van der Waals surface area contributed by atoms with E-state index >= 15 is 0 Å². The fourth-order valence-corrected chi connectivity index (χ4v) is 4.72. The molecule has 35 heavy (non-hydrogen) atoms. The molecule has 0 amide bonds. The average Bonchev–Trinajstić information content (AvgIpc) is 3.46. The first kappa shape index (κ1) is 23.2. The van der Waals surface area contributed by atoms with E-state index in [1.807, 2.05) is 0 Å². The summed E-state index contributed by atoms with van der Waals surface area (Å²) in [7, 11) is 0. The maximum atomic E-state index is 15.0. The third-order valence-corrected chi connectivity index (χ3v) is 6.42. The van der Waals surface area contributed by atoms with E-state index in [0.717, 1.165) is 6.42 Å². The van der Waals surface area contributed by atoms with Gasteiger partial charge < -0.3 is 9.64 Å². The first-order valence-electron chi connectivity index (χ1n) is 10.6. The lowest BCUT2D eigenvalue weighted by Gasteiger charge is -2.21. The lowest BCUT2D eigenvalue weighted by Crippen LogP contribution is -2.29. The quantitative estimate of drug-likeness (QED) is 0.353. The minimum absolute atomic E-state index is 0.116. The molecular weight excluding hydrogens is 499 g/mol. The van der Waals surface area contributed by atoms with Gasteiger partial charge in [-0.25, -0.2) is 13.8 Å². The number of pyridine rings is 2. The predicted octanol–water partition coefficient (Wildman–Crippen LogP) is 5.13. The number of nitrogens with two attached hydrogens (primary N) is 1. The number of benzene rings is 1. The monoisotopic (exact) mass is 515 g/mol. The molecule has 0 saturated carbocycles. The Hall–Kier alpha value is -3.52. The molecule has 1 fully saturated rings.